The summed E-state index contributed by atoms with van der Waals surface area (Å²) >= 11 is 11.7. The van der Waals surface area contributed by atoms with Gasteiger partial charge in [0.25, 0.3) is 10.0 Å². The molecule has 2 N–H and O–H groups in total. The van der Waals surface area contributed by atoms with Gasteiger partial charge in [0.05, 0.1) is 16.3 Å². The van der Waals surface area contributed by atoms with Gasteiger partial charge in [-0.25, -0.2) is 8.42 Å². The third kappa shape index (κ3) is 2.85. The Morgan fingerprint density at radius 1 is 1.05 bits per heavy atom. The molecule has 0 radical (unpaired) electrons. The van der Waals surface area contributed by atoms with Crippen molar-refractivity contribution in [3.05, 3.63) is 52.5 Å². The number of rotatable bonds is 3. The molecule has 0 fully saturated rings. The van der Waals surface area contributed by atoms with E-state index in [9.17, 15) is 8.42 Å². The molecule has 0 saturated heterocycles. The summed E-state index contributed by atoms with van der Waals surface area (Å²) in [6.07, 6.45) is 0. The number of halogens is 2. The Hall–Kier alpha value is -1.43. The fraction of sp³-hybridized carbons (Fsp3) is 0.0769. The van der Waals surface area contributed by atoms with Gasteiger partial charge in [0.15, 0.2) is 0 Å². The van der Waals surface area contributed by atoms with E-state index in [0.29, 0.717) is 11.4 Å². The second-order valence-corrected chi connectivity index (χ2v) is 6.98. The largest absolute Gasteiger partial charge is 0.397 e. The third-order valence-corrected chi connectivity index (χ3v) is 4.96. The van der Waals surface area contributed by atoms with Crippen molar-refractivity contribution >= 4 is 44.6 Å². The second-order valence-electron chi connectivity index (χ2n) is 4.14. The first-order valence-corrected chi connectivity index (χ1v) is 7.81. The average Bonchev–Trinajstić information content (AvgIpc) is 2.37. The average molecular weight is 331 g/mol. The van der Waals surface area contributed by atoms with E-state index in [0.717, 1.165) is 4.31 Å². The lowest BCUT2D eigenvalue weighted by Gasteiger charge is -2.21. The number of nitrogen functional groups attached to an aromatic ring is 1. The van der Waals surface area contributed by atoms with Gasteiger partial charge in [-0.3, -0.25) is 4.31 Å². The normalized spacial score (nSPS) is 11.3. The molecule has 106 valence electrons. The molecule has 0 aliphatic rings. The van der Waals surface area contributed by atoms with Crippen LogP contribution in [0.1, 0.15) is 0 Å². The number of para-hydroxylation sites is 2. The van der Waals surface area contributed by atoms with E-state index in [1.807, 2.05) is 0 Å². The predicted octanol–water partition coefficient (Wildman–Crippen LogP) is 3.40. The molecule has 7 heteroatoms. The number of benzene rings is 2. The van der Waals surface area contributed by atoms with Crippen molar-refractivity contribution in [2.45, 2.75) is 4.90 Å². The minimum atomic E-state index is -3.78. The molecule has 2 rings (SSSR count). The summed E-state index contributed by atoms with van der Waals surface area (Å²) < 4.78 is 26.2. The first kappa shape index (κ1) is 15.0. The Labute approximate surface area is 127 Å². The summed E-state index contributed by atoms with van der Waals surface area (Å²) in [5, 5.41) is 0.510. The maximum absolute atomic E-state index is 12.5. The van der Waals surface area contributed by atoms with Gasteiger partial charge in [-0.1, -0.05) is 35.3 Å². The van der Waals surface area contributed by atoms with E-state index >= 15 is 0 Å². The number of anilines is 2. The van der Waals surface area contributed by atoms with Crippen LogP contribution >= 0.6 is 23.2 Å². The quantitative estimate of drug-likeness (QED) is 0.877. The molecule has 0 saturated carbocycles. The number of sulfonamides is 1. The van der Waals surface area contributed by atoms with Gasteiger partial charge in [-0.2, -0.15) is 0 Å². The predicted molar refractivity (Wildman–Crippen MR) is 82.9 cm³/mol. The molecule has 0 heterocycles. The fourth-order valence-corrected chi connectivity index (χ4v) is 3.69. The minimum Gasteiger partial charge on any atom is -0.397 e. The van der Waals surface area contributed by atoms with Crippen molar-refractivity contribution in [2.75, 3.05) is 17.1 Å². The Bertz CT molecular complexity index is 728. The summed E-state index contributed by atoms with van der Waals surface area (Å²) in [5.74, 6) is 0. The Balaban J connectivity index is 2.52. The molecule has 4 nitrogen and oxygen atoms in total. The highest BCUT2D eigenvalue weighted by molar-refractivity contribution is 7.92. The molecular formula is C13H12Cl2N2O2S. The van der Waals surface area contributed by atoms with E-state index in [1.54, 1.807) is 24.3 Å². The van der Waals surface area contributed by atoms with E-state index < -0.39 is 10.0 Å². The highest BCUT2D eigenvalue weighted by Gasteiger charge is 2.23. The Kier molecular flexibility index (Phi) is 4.13. The summed E-state index contributed by atoms with van der Waals surface area (Å²) in [4.78, 5) is 0.0146. The molecule has 0 aliphatic carbocycles. The van der Waals surface area contributed by atoms with Crippen LogP contribution in [0.15, 0.2) is 47.4 Å². The maximum atomic E-state index is 12.5. The highest BCUT2D eigenvalue weighted by atomic mass is 35.5. The molecule has 0 bridgehead atoms. The van der Waals surface area contributed by atoms with Crippen molar-refractivity contribution in [2.24, 2.45) is 0 Å². The molecule has 20 heavy (non-hydrogen) atoms. The van der Waals surface area contributed by atoms with Crippen LogP contribution in [0.5, 0.6) is 0 Å². The lowest BCUT2D eigenvalue weighted by molar-refractivity contribution is 0.594. The molecule has 0 aliphatic heterocycles. The number of nitrogens with two attached hydrogens (primary N) is 1. The van der Waals surface area contributed by atoms with Crippen molar-refractivity contribution in [3.8, 4) is 0 Å². The van der Waals surface area contributed by atoms with Crippen molar-refractivity contribution in [3.63, 3.8) is 0 Å². The van der Waals surface area contributed by atoms with Gasteiger partial charge in [0.2, 0.25) is 0 Å². The SMILES string of the molecule is CN(c1ccccc1N)S(=O)(=O)c1cc(Cl)cc(Cl)c1. The van der Waals surface area contributed by atoms with Crippen molar-refractivity contribution < 1.29 is 8.42 Å². The summed E-state index contributed by atoms with van der Waals surface area (Å²) in [7, 11) is -2.35. The Morgan fingerprint density at radius 3 is 2.15 bits per heavy atom. The van der Waals surface area contributed by atoms with Gasteiger partial charge in [0, 0.05) is 17.1 Å². The van der Waals surface area contributed by atoms with Crippen molar-refractivity contribution in [1.82, 2.24) is 0 Å². The van der Waals surface area contributed by atoms with E-state index in [1.165, 1.54) is 25.2 Å². The first-order valence-electron chi connectivity index (χ1n) is 5.62. The first-order chi connectivity index (χ1) is 9.32. The second kappa shape index (κ2) is 5.52. The highest BCUT2D eigenvalue weighted by Crippen LogP contribution is 2.29. The molecule has 0 atom stereocenters. The minimum absolute atomic E-state index is 0.0146. The molecule has 0 unspecified atom stereocenters. The molecule has 2 aromatic rings. The van der Waals surface area contributed by atoms with Gasteiger partial charge in [-0.05, 0) is 30.3 Å². The standard InChI is InChI=1S/C13H12Cl2N2O2S/c1-17(13-5-3-2-4-12(13)16)20(18,19)11-7-9(14)6-10(15)8-11/h2-8H,16H2,1H3. The molecule has 0 aromatic heterocycles. The van der Waals surface area contributed by atoms with Crippen LogP contribution < -0.4 is 10.0 Å². The van der Waals surface area contributed by atoms with Gasteiger partial charge in [0.1, 0.15) is 0 Å². The zero-order valence-electron chi connectivity index (χ0n) is 10.5. The molecule has 2 aromatic carbocycles. The fourth-order valence-electron chi connectivity index (χ4n) is 1.74. The van der Waals surface area contributed by atoms with Crippen LogP contribution in [-0.2, 0) is 10.0 Å². The monoisotopic (exact) mass is 330 g/mol. The van der Waals surface area contributed by atoms with Gasteiger partial charge in [-0.15, -0.1) is 0 Å². The third-order valence-electron chi connectivity index (χ3n) is 2.77. The zero-order chi connectivity index (χ0) is 14.9. The Morgan fingerprint density at radius 2 is 1.60 bits per heavy atom. The van der Waals surface area contributed by atoms with E-state index in [2.05, 4.69) is 0 Å². The van der Waals surface area contributed by atoms with Gasteiger partial charge < -0.3 is 5.73 Å². The van der Waals surface area contributed by atoms with Crippen LogP contribution in [-0.4, -0.2) is 15.5 Å². The smallest absolute Gasteiger partial charge is 0.264 e. The van der Waals surface area contributed by atoms with Crippen LogP contribution in [0.4, 0.5) is 11.4 Å². The van der Waals surface area contributed by atoms with Gasteiger partial charge >= 0.3 is 0 Å². The van der Waals surface area contributed by atoms with Crippen molar-refractivity contribution in [1.29, 1.82) is 0 Å². The molecule has 0 amide bonds. The van der Waals surface area contributed by atoms with Crippen LogP contribution in [0.3, 0.4) is 0 Å². The summed E-state index contributed by atoms with van der Waals surface area (Å²) in [6, 6.07) is 10.9. The van der Waals surface area contributed by atoms with Crippen LogP contribution in [0.25, 0.3) is 0 Å². The summed E-state index contributed by atoms with van der Waals surface area (Å²) in [6.45, 7) is 0. The topological polar surface area (TPSA) is 63.4 Å². The molecular weight excluding hydrogens is 319 g/mol. The maximum Gasteiger partial charge on any atom is 0.264 e. The van der Waals surface area contributed by atoms with Crippen LogP contribution in [0, 0.1) is 0 Å². The lowest BCUT2D eigenvalue weighted by Crippen LogP contribution is -2.27. The number of hydrogen-bond donors (Lipinski definition) is 1. The lowest BCUT2D eigenvalue weighted by atomic mass is 10.3. The molecule has 0 spiro atoms. The van der Waals surface area contributed by atoms with Crippen LogP contribution in [0.2, 0.25) is 10.0 Å². The van der Waals surface area contributed by atoms with E-state index in [4.69, 9.17) is 28.9 Å². The number of hydrogen-bond acceptors (Lipinski definition) is 3. The van der Waals surface area contributed by atoms with E-state index in [-0.39, 0.29) is 14.9 Å². The summed E-state index contributed by atoms with van der Waals surface area (Å²) in [5.41, 5.74) is 6.56. The zero-order valence-corrected chi connectivity index (χ0v) is 12.9. The number of nitrogens with zero attached hydrogens (tertiary/aromatic N) is 1.